The van der Waals surface area contributed by atoms with Gasteiger partial charge in [0.05, 0.1) is 11.8 Å². The molecule has 0 spiro atoms. The molecule has 2 aromatic rings. The summed E-state index contributed by atoms with van der Waals surface area (Å²) in [5.74, 6) is 0.448. The Balaban J connectivity index is 1.86. The minimum atomic E-state index is 0.152. The van der Waals surface area contributed by atoms with E-state index >= 15 is 0 Å². The third-order valence-electron chi connectivity index (χ3n) is 2.28. The molecule has 0 unspecified atom stereocenters. The van der Waals surface area contributed by atoms with E-state index in [0.717, 1.165) is 13.0 Å². The first kappa shape index (κ1) is 12.4. The van der Waals surface area contributed by atoms with Gasteiger partial charge in [0, 0.05) is 19.3 Å². The Labute approximate surface area is 108 Å². The van der Waals surface area contributed by atoms with E-state index in [1.807, 2.05) is 0 Å². The van der Waals surface area contributed by atoms with E-state index in [-0.39, 0.29) is 10.7 Å². The van der Waals surface area contributed by atoms with Crippen LogP contribution < -0.4 is 5.32 Å². The van der Waals surface area contributed by atoms with Gasteiger partial charge in [-0.25, -0.2) is 9.97 Å². The molecule has 2 rings (SSSR count). The van der Waals surface area contributed by atoms with Crippen LogP contribution in [0, 0.1) is 0 Å². The Morgan fingerprint density at radius 2 is 2.33 bits per heavy atom. The van der Waals surface area contributed by atoms with E-state index in [9.17, 15) is 4.79 Å². The maximum Gasteiger partial charge on any atom is 0.156 e. The van der Waals surface area contributed by atoms with Gasteiger partial charge in [0.25, 0.3) is 0 Å². The molecule has 0 bridgehead atoms. The number of carbonyl (C=O) groups excluding carboxylic acids is 1. The number of rotatable bonds is 6. The molecule has 7 nitrogen and oxygen atoms in total. The lowest BCUT2D eigenvalue weighted by Gasteiger charge is -2.07. The molecule has 2 heterocycles. The fourth-order valence-corrected chi connectivity index (χ4v) is 1.60. The van der Waals surface area contributed by atoms with E-state index in [1.54, 1.807) is 17.1 Å². The van der Waals surface area contributed by atoms with Crippen molar-refractivity contribution in [3.05, 3.63) is 29.4 Å². The van der Waals surface area contributed by atoms with Crippen molar-refractivity contribution in [1.29, 1.82) is 0 Å². The highest BCUT2D eigenvalue weighted by atomic mass is 35.5. The van der Waals surface area contributed by atoms with E-state index in [2.05, 4.69) is 25.6 Å². The zero-order chi connectivity index (χ0) is 12.8. The largest absolute Gasteiger partial charge is 0.369 e. The van der Waals surface area contributed by atoms with E-state index < -0.39 is 0 Å². The first-order valence-electron chi connectivity index (χ1n) is 5.35. The normalized spacial score (nSPS) is 10.3. The molecule has 0 aromatic carbocycles. The Morgan fingerprint density at radius 3 is 3.06 bits per heavy atom. The van der Waals surface area contributed by atoms with E-state index in [1.165, 1.54) is 6.33 Å². The van der Waals surface area contributed by atoms with Crippen LogP contribution in [0.2, 0.25) is 5.15 Å². The molecule has 0 saturated carbocycles. The summed E-state index contributed by atoms with van der Waals surface area (Å²) in [4.78, 5) is 18.6. The van der Waals surface area contributed by atoms with Crippen molar-refractivity contribution in [3.8, 4) is 0 Å². The minimum absolute atomic E-state index is 0.152. The van der Waals surface area contributed by atoms with Gasteiger partial charge >= 0.3 is 0 Å². The quantitative estimate of drug-likeness (QED) is 0.478. The van der Waals surface area contributed by atoms with E-state index in [0.29, 0.717) is 18.6 Å². The number of halogens is 1. The SMILES string of the molecule is O=Cc1c(Cl)ncnc1NCCCn1ccnn1. The summed E-state index contributed by atoms with van der Waals surface area (Å²) < 4.78 is 1.73. The molecule has 0 aliphatic rings. The molecule has 0 aliphatic heterocycles. The smallest absolute Gasteiger partial charge is 0.156 e. The van der Waals surface area contributed by atoms with Crippen LogP contribution in [0.1, 0.15) is 16.8 Å². The number of anilines is 1. The second kappa shape index (κ2) is 6.06. The summed E-state index contributed by atoms with van der Waals surface area (Å²) in [5, 5.41) is 10.7. The number of aromatic nitrogens is 5. The van der Waals surface area contributed by atoms with Gasteiger partial charge in [-0.05, 0) is 6.42 Å². The molecule has 0 aliphatic carbocycles. The van der Waals surface area contributed by atoms with Gasteiger partial charge in [0.1, 0.15) is 17.3 Å². The second-order valence-electron chi connectivity index (χ2n) is 3.49. The first-order valence-corrected chi connectivity index (χ1v) is 5.72. The maximum absolute atomic E-state index is 10.8. The third kappa shape index (κ3) is 3.01. The van der Waals surface area contributed by atoms with Crippen LogP contribution in [0.25, 0.3) is 0 Å². The van der Waals surface area contributed by atoms with Gasteiger partial charge in [0.2, 0.25) is 0 Å². The van der Waals surface area contributed by atoms with Crippen LogP contribution in [0.5, 0.6) is 0 Å². The number of aryl methyl sites for hydroxylation is 1. The monoisotopic (exact) mass is 266 g/mol. The van der Waals surface area contributed by atoms with E-state index in [4.69, 9.17) is 11.6 Å². The molecule has 8 heteroatoms. The van der Waals surface area contributed by atoms with Crippen LogP contribution in [-0.2, 0) is 6.54 Å². The lowest BCUT2D eigenvalue weighted by molar-refractivity contribution is 0.112. The summed E-state index contributed by atoms with van der Waals surface area (Å²) in [7, 11) is 0. The van der Waals surface area contributed by atoms with Crippen molar-refractivity contribution in [2.75, 3.05) is 11.9 Å². The van der Waals surface area contributed by atoms with Gasteiger partial charge in [0.15, 0.2) is 6.29 Å². The fraction of sp³-hybridized carbons (Fsp3) is 0.300. The summed E-state index contributed by atoms with van der Waals surface area (Å²) in [5.41, 5.74) is 0.278. The Morgan fingerprint density at radius 1 is 1.44 bits per heavy atom. The van der Waals surface area contributed by atoms with Crippen molar-refractivity contribution >= 4 is 23.7 Å². The summed E-state index contributed by atoms with van der Waals surface area (Å²) >= 11 is 5.78. The van der Waals surface area contributed by atoms with Gasteiger partial charge in [-0.15, -0.1) is 5.10 Å². The van der Waals surface area contributed by atoms with Crippen molar-refractivity contribution in [1.82, 2.24) is 25.0 Å². The van der Waals surface area contributed by atoms with Crippen LogP contribution in [-0.4, -0.2) is 37.8 Å². The molecule has 2 aromatic heterocycles. The average molecular weight is 267 g/mol. The van der Waals surface area contributed by atoms with Gasteiger partial charge in [-0.3, -0.25) is 9.48 Å². The van der Waals surface area contributed by atoms with Crippen LogP contribution >= 0.6 is 11.6 Å². The zero-order valence-corrected chi connectivity index (χ0v) is 10.2. The number of hydrogen-bond donors (Lipinski definition) is 1. The standard InChI is InChI=1S/C10H11ClN6O/c11-9-8(6-18)10(14-7-13-9)12-2-1-4-17-5-3-15-16-17/h3,5-7H,1-2,4H2,(H,12,13,14). The molecule has 1 N–H and O–H groups in total. The minimum Gasteiger partial charge on any atom is -0.369 e. The number of nitrogens with zero attached hydrogens (tertiary/aromatic N) is 5. The van der Waals surface area contributed by atoms with Gasteiger partial charge < -0.3 is 5.32 Å². The number of hydrogen-bond acceptors (Lipinski definition) is 6. The number of carbonyl (C=O) groups is 1. The maximum atomic E-state index is 10.8. The Kier molecular flexibility index (Phi) is 4.19. The summed E-state index contributed by atoms with van der Waals surface area (Å²) in [6.45, 7) is 1.39. The van der Waals surface area contributed by atoms with Crippen LogP contribution in [0.3, 0.4) is 0 Å². The van der Waals surface area contributed by atoms with Crippen LogP contribution in [0.4, 0.5) is 5.82 Å². The Hall–Kier alpha value is -2.02. The molecular weight excluding hydrogens is 256 g/mol. The number of aldehydes is 1. The molecule has 0 atom stereocenters. The fourth-order valence-electron chi connectivity index (χ4n) is 1.42. The third-order valence-corrected chi connectivity index (χ3v) is 2.58. The Bertz CT molecular complexity index is 515. The lowest BCUT2D eigenvalue weighted by Crippen LogP contribution is -2.10. The first-order chi connectivity index (χ1) is 8.81. The topological polar surface area (TPSA) is 85.6 Å². The molecule has 18 heavy (non-hydrogen) atoms. The van der Waals surface area contributed by atoms with Gasteiger partial charge in [-0.2, -0.15) is 0 Å². The highest BCUT2D eigenvalue weighted by Gasteiger charge is 2.07. The molecular formula is C10H11ClN6O. The van der Waals surface area contributed by atoms with Crippen molar-refractivity contribution in [2.45, 2.75) is 13.0 Å². The molecule has 0 amide bonds. The zero-order valence-electron chi connectivity index (χ0n) is 9.45. The van der Waals surface area contributed by atoms with Crippen molar-refractivity contribution in [3.63, 3.8) is 0 Å². The van der Waals surface area contributed by atoms with Crippen molar-refractivity contribution in [2.24, 2.45) is 0 Å². The summed E-state index contributed by atoms with van der Waals surface area (Å²) in [6, 6.07) is 0. The molecule has 0 radical (unpaired) electrons. The average Bonchev–Trinajstić information content (AvgIpc) is 2.88. The highest BCUT2D eigenvalue weighted by molar-refractivity contribution is 6.32. The predicted octanol–water partition coefficient (Wildman–Crippen LogP) is 1.04. The molecule has 0 fully saturated rings. The number of nitrogens with one attached hydrogen (secondary N) is 1. The molecule has 94 valence electrons. The van der Waals surface area contributed by atoms with Gasteiger partial charge in [-0.1, -0.05) is 16.8 Å². The highest BCUT2D eigenvalue weighted by Crippen LogP contribution is 2.16. The lowest BCUT2D eigenvalue weighted by atomic mass is 10.3. The molecule has 0 saturated heterocycles. The summed E-state index contributed by atoms with van der Waals surface area (Å²) in [6.07, 6.45) is 6.20. The van der Waals surface area contributed by atoms with Crippen molar-refractivity contribution < 1.29 is 4.79 Å². The second-order valence-corrected chi connectivity index (χ2v) is 3.85. The van der Waals surface area contributed by atoms with Crippen LogP contribution in [0.15, 0.2) is 18.7 Å². The predicted molar refractivity (Wildman–Crippen MR) is 65.6 cm³/mol.